The fourth-order valence-corrected chi connectivity index (χ4v) is 5.05. The van der Waals surface area contributed by atoms with E-state index in [0.717, 1.165) is 11.1 Å². The fraction of sp³-hybridized carbons (Fsp3) is 0.350. The van der Waals surface area contributed by atoms with Gasteiger partial charge in [0.2, 0.25) is 15.9 Å². The highest BCUT2D eigenvalue weighted by Gasteiger charge is 2.31. The van der Waals surface area contributed by atoms with E-state index in [4.69, 9.17) is 11.6 Å². The van der Waals surface area contributed by atoms with Gasteiger partial charge in [-0.3, -0.25) is 4.79 Å². The zero-order valence-corrected chi connectivity index (χ0v) is 16.8. The average Bonchev–Trinajstić information content (AvgIpc) is 2.61. The molecule has 3 rings (SSSR count). The van der Waals surface area contributed by atoms with Crippen molar-refractivity contribution in [1.82, 2.24) is 4.31 Å². The zero-order valence-electron chi connectivity index (χ0n) is 15.2. The number of piperidine rings is 1. The van der Waals surface area contributed by atoms with Gasteiger partial charge in [-0.1, -0.05) is 47.5 Å². The van der Waals surface area contributed by atoms with E-state index < -0.39 is 10.0 Å². The van der Waals surface area contributed by atoms with Crippen LogP contribution in [0.5, 0.6) is 0 Å². The molecule has 27 heavy (non-hydrogen) atoms. The van der Waals surface area contributed by atoms with E-state index in [-0.39, 0.29) is 17.6 Å². The van der Waals surface area contributed by atoms with Crippen LogP contribution in [-0.4, -0.2) is 31.7 Å². The maximum Gasteiger partial charge on any atom is 0.227 e. The van der Waals surface area contributed by atoms with Crippen LogP contribution in [0.4, 0.5) is 5.69 Å². The number of hydrogen-bond acceptors (Lipinski definition) is 3. The standard InChI is InChI=1S/C20H23ClN2O3S/c1-15-4-2-5-16(12-15)14-27(25,26)23-10-8-17(9-11-23)20(24)22-19-7-3-6-18(21)13-19/h2-7,12-13,17H,8-11,14H2,1H3,(H,22,24). The van der Waals surface area contributed by atoms with Gasteiger partial charge in [0.05, 0.1) is 5.75 Å². The van der Waals surface area contributed by atoms with Gasteiger partial charge in [0.25, 0.3) is 0 Å². The minimum Gasteiger partial charge on any atom is -0.326 e. The minimum atomic E-state index is -3.38. The lowest BCUT2D eigenvalue weighted by molar-refractivity contribution is -0.120. The van der Waals surface area contributed by atoms with E-state index in [1.165, 1.54) is 4.31 Å². The van der Waals surface area contributed by atoms with Crippen molar-refractivity contribution in [3.05, 3.63) is 64.7 Å². The van der Waals surface area contributed by atoms with Crippen LogP contribution in [0.3, 0.4) is 0 Å². The maximum atomic E-state index is 12.7. The minimum absolute atomic E-state index is 0.00590. The summed E-state index contributed by atoms with van der Waals surface area (Å²) in [5, 5.41) is 3.42. The van der Waals surface area contributed by atoms with Crippen LogP contribution >= 0.6 is 11.6 Å². The third kappa shape index (κ3) is 5.31. The molecule has 0 spiro atoms. The highest BCUT2D eigenvalue weighted by molar-refractivity contribution is 7.88. The molecule has 2 aromatic carbocycles. The van der Waals surface area contributed by atoms with Crippen molar-refractivity contribution in [3.8, 4) is 0 Å². The Balaban J connectivity index is 1.57. The van der Waals surface area contributed by atoms with Gasteiger partial charge < -0.3 is 5.32 Å². The van der Waals surface area contributed by atoms with Crippen LogP contribution in [0.2, 0.25) is 5.02 Å². The Labute approximate surface area is 165 Å². The van der Waals surface area contributed by atoms with Gasteiger partial charge in [-0.25, -0.2) is 12.7 Å². The van der Waals surface area contributed by atoms with Crippen molar-refractivity contribution in [1.29, 1.82) is 0 Å². The predicted octanol–water partition coefficient (Wildman–Crippen LogP) is 3.83. The molecule has 7 heteroatoms. The van der Waals surface area contributed by atoms with Crippen molar-refractivity contribution in [2.24, 2.45) is 5.92 Å². The molecular formula is C20H23ClN2O3S. The molecule has 0 bridgehead atoms. The Morgan fingerprint density at radius 1 is 1.15 bits per heavy atom. The Morgan fingerprint density at radius 3 is 2.52 bits per heavy atom. The molecule has 0 saturated carbocycles. The molecule has 1 amide bonds. The summed E-state index contributed by atoms with van der Waals surface area (Å²) in [6.07, 6.45) is 1.03. The smallest absolute Gasteiger partial charge is 0.227 e. The van der Waals surface area contributed by atoms with Crippen molar-refractivity contribution in [2.75, 3.05) is 18.4 Å². The number of halogens is 1. The van der Waals surface area contributed by atoms with Gasteiger partial charge in [-0.05, 0) is 43.5 Å². The summed E-state index contributed by atoms with van der Waals surface area (Å²) < 4.78 is 26.9. The monoisotopic (exact) mass is 406 g/mol. The molecule has 1 aliphatic heterocycles. The SMILES string of the molecule is Cc1cccc(CS(=O)(=O)N2CCC(C(=O)Nc3cccc(Cl)c3)CC2)c1. The molecule has 0 atom stereocenters. The van der Waals surface area contributed by atoms with E-state index in [2.05, 4.69) is 5.32 Å². The number of benzene rings is 2. The molecule has 144 valence electrons. The summed E-state index contributed by atoms with van der Waals surface area (Å²) >= 11 is 5.93. The largest absolute Gasteiger partial charge is 0.326 e. The third-order valence-electron chi connectivity index (χ3n) is 4.74. The number of carbonyl (C=O) groups is 1. The molecule has 1 N–H and O–H groups in total. The molecule has 1 aliphatic rings. The van der Waals surface area contributed by atoms with E-state index in [0.29, 0.717) is 36.6 Å². The van der Waals surface area contributed by atoms with Gasteiger partial charge in [0, 0.05) is 29.7 Å². The number of sulfonamides is 1. The number of rotatable bonds is 5. The molecule has 0 aliphatic carbocycles. The molecule has 0 unspecified atom stereocenters. The first kappa shape index (κ1) is 19.9. The van der Waals surface area contributed by atoms with Crippen LogP contribution in [0.1, 0.15) is 24.0 Å². The lowest BCUT2D eigenvalue weighted by Gasteiger charge is -2.30. The van der Waals surface area contributed by atoms with Crippen LogP contribution in [-0.2, 0) is 20.6 Å². The number of nitrogens with one attached hydrogen (secondary N) is 1. The molecular weight excluding hydrogens is 384 g/mol. The zero-order chi connectivity index (χ0) is 19.4. The number of nitrogens with zero attached hydrogens (tertiary/aromatic N) is 1. The van der Waals surface area contributed by atoms with Crippen LogP contribution in [0, 0.1) is 12.8 Å². The van der Waals surface area contributed by atoms with Crippen LogP contribution in [0.15, 0.2) is 48.5 Å². The molecule has 1 saturated heterocycles. The van der Waals surface area contributed by atoms with Crippen LogP contribution in [0.25, 0.3) is 0 Å². The molecule has 0 radical (unpaired) electrons. The fourth-order valence-electron chi connectivity index (χ4n) is 3.31. The molecule has 0 aromatic heterocycles. The topological polar surface area (TPSA) is 66.5 Å². The van der Waals surface area contributed by atoms with E-state index in [9.17, 15) is 13.2 Å². The number of amides is 1. The Bertz CT molecular complexity index is 922. The summed E-state index contributed by atoms with van der Waals surface area (Å²) in [6.45, 7) is 2.67. The van der Waals surface area contributed by atoms with Crippen LogP contribution < -0.4 is 5.32 Å². The van der Waals surface area contributed by atoms with Gasteiger partial charge >= 0.3 is 0 Å². The third-order valence-corrected chi connectivity index (χ3v) is 6.83. The highest BCUT2D eigenvalue weighted by atomic mass is 35.5. The lowest BCUT2D eigenvalue weighted by atomic mass is 9.97. The van der Waals surface area contributed by atoms with E-state index in [1.807, 2.05) is 31.2 Å². The quantitative estimate of drug-likeness (QED) is 0.820. The Morgan fingerprint density at radius 2 is 1.85 bits per heavy atom. The Hall–Kier alpha value is -1.89. The number of aryl methyl sites for hydroxylation is 1. The summed E-state index contributed by atoms with van der Waals surface area (Å²) in [4.78, 5) is 12.4. The van der Waals surface area contributed by atoms with Gasteiger partial charge in [-0.15, -0.1) is 0 Å². The van der Waals surface area contributed by atoms with Crippen molar-refractivity contribution >= 4 is 33.2 Å². The first-order valence-corrected chi connectivity index (χ1v) is 10.9. The first-order valence-electron chi connectivity index (χ1n) is 8.93. The molecule has 1 fully saturated rings. The summed E-state index contributed by atoms with van der Waals surface area (Å²) in [5.74, 6) is -0.295. The second-order valence-electron chi connectivity index (χ2n) is 6.92. The first-order chi connectivity index (χ1) is 12.8. The number of hydrogen-bond donors (Lipinski definition) is 1. The highest BCUT2D eigenvalue weighted by Crippen LogP contribution is 2.24. The summed E-state index contributed by atoms with van der Waals surface area (Å²) in [6, 6.07) is 14.5. The normalized spacial score (nSPS) is 16.2. The number of anilines is 1. The maximum absolute atomic E-state index is 12.7. The van der Waals surface area contributed by atoms with Crippen molar-refractivity contribution in [2.45, 2.75) is 25.5 Å². The lowest BCUT2D eigenvalue weighted by Crippen LogP contribution is -2.41. The summed E-state index contributed by atoms with van der Waals surface area (Å²) in [5.41, 5.74) is 2.48. The molecule has 2 aromatic rings. The van der Waals surface area contributed by atoms with E-state index in [1.54, 1.807) is 24.3 Å². The van der Waals surface area contributed by atoms with Gasteiger partial charge in [0.15, 0.2) is 0 Å². The summed E-state index contributed by atoms with van der Waals surface area (Å²) in [7, 11) is -3.38. The second kappa shape index (κ2) is 8.42. The predicted molar refractivity (Wildman–Crippen MR) is 108 cm³/mol. The van der Waals surface area contributed by atoms with Crippen molar-refractivity contribution < 1.29 is 13.2 Å². The van der Waals surface area contributed by atoms with Crippen molar-refractivity contribution in [3.63, 3.8) is 0 Å². The van der Waals surface area contributed by atoms with Gasteiger partial charge in [-0.2, -0.15) is 0 Å². The number of carbonyl (C=O) groups excluding carboxylic acids is 1. The Kier molecular flexibility index (Phi) is 6.19. The molecule has 1 heterocycles. The second-order valence-corrected chi connectivity index (χ2v) is 9.32. The van der Waals surface area contributed by atoms with E-state index >= 15 is 0 Å². The average molecular weight is 407 g/mol. The molecule has 5 nitrogen and oxygen atoms in total. The van der Waals surface area contributed by atoms with Gasteiger partial charge in [0.1, 0.15) is 0 Å².